The highest BCUT2D eigenvalue weighted by Crippen LogP contribution is 2.44. The van der Waals surface area contributed by atoms with Gasteiger partial charge in [-0.3, -0.25) is 4.79 Å². The number of fused-ring (bicyclic) bond motifs is 3. The number of ether oxygens (including phenoxy) is 1. The molecular weight excluding hydrogens is 432 g/mol. The molecule has 1 saturated carbocycles. The molecule has 1 saturated heterocycles. The molecule has 0 bridgehead atoms. The van der Waals surface area contributed by atoms with E-state index in [4.69, 9.17) is 4.74 Å². The van der Waals surface area contributed by atoms with Crippen molar-refractivity contribution in [1.29, 1.82) is 0 Å². The second-order valence-electron chi connectivity index (χ2n) is 9.59. The zero-order valence-electron chi connectivity index (χ0n) is 19.1. The van der Waals surface area contributed by atoms with Crippen molar-refractivity contribution >= 4 is 18.0 Å². The molecule has 2 aromatic rings. The van der Waals surface area contributed by atoms with Crippen LogP contribution >= 0.6 is 0 Å². The van der Waals surface area contributed by atoms with Crippen molar-refractivity contribution in [1.82, 2.24) is 10.2 Å². The second-order valence-corrected chi connectivity index (χ2v) is 9.59. The number of nitrogens with one attached hydrogen (secondary N) is 1. The zero-order valence-corrected chi connectivity index (χ0v) is 19.1. The Balaban J connectivity index is 1.16. The molecule has 2 amide bonds. The van der Waals surface area contributed by atoms with Crippen LogP contribution in [0.3, 0.4) is 0 Å². The molecule has 0 spiro atoms. The lowest BCUT2D eigenvalue weighted by atomic mass is 9.98. The van der Waals surface area contributed by atoms with Gasteiger partial charge >= 0.3 is 12.1 Å². The van der Waals surface area contributed by atoms with Crippen LogP contribution in [0.5, 0.6) is 0 Å². The van der Waals surface area contributed by atoms with Gasteiger partial charge < -0.3 is 20.1 Å². The monoisotopic (exact) mass is 462 g/mol. The first-order chi connectivity index (χ1) is 16.5. The van der Waals surface area contributed by atoms with Gasteiger partial charge in [-0.05, 0) is 59.8 Å². The van der Waals surface area contributed by atoms with Crippen molar-refractivity contribution in [2.24, 2.45) is 11.8 Å². The van der Waals surface area contributed by atoms with E-state index in [1.807, 2.05) is 24.3 Å². The van der Waals surface area contributed by atoms with Crippen LogP contribution in [0.15, 0.2) is 48.5 Å². The maximum atomic E-state index is 12.8. The zero-order chi connectivity index (χ0) is 23.7. The second kappa shape index (κ2) is 9.49. The van der Waals surface area contributed by atoms with Crippen molar-refractivity contribution in [3.63, 3.8) is 0 Å². The van der Waals surface area contributed by atoms with Crippen LogP contribution in [0.1, 0.15) is 49.1 Å². The maximum absolute atomic E-state index is 12.8. The van der Waals surface area contributed by atoms with Gasteiger partial charge in [0.2, 0.25) is 5.91 Å². The minimum Gasteiger partial charge on any atom is -0.480 e. The molecule has 7 nitrogen and oxygen atoms in total. The predicted molar refractivity (Wildman–Crippen MR) is 126 cm³/mol. The number of likely N-dealkylation sites (tertiary alicyclic amines) is 1. The first-order valence-electron chi connectivity index (χ1n) is 12.1. The summed E-state index contributed by atoms with van der Waals surface area (Å²) in [6, 6.07) is 15.7. The van der Waals surface area contributed by atoms with E-state index in [-0.39, 0.29) is 30.8 Å². The van der Waals surface area contributed by atoms with Crippen molar-refractivity contribution < 1.29 is 24.2 Å². The third kappa shape index (κ3) is 4.52. The van der Waals surface area contributed by atoms with E-state index >= 15 is 0 Å². The van der Waals surface area contributed by atoms with Gasteiger partial charge in [0.25, 0.3) is 0 Å². The van der Waals surface area contributed by atoms with Crippen molar-refractivity contribution in [3.8, 4) is 11.1 Å². The quantitative estimate of drug-likeness (QED) is 0.618. The molecule has 0 aromatic heterocycles. The number of carboxylic acid groups (broad SMARTS) is 1. The predicted octanol–water partition coefficient (Wildman–Crippen LogP) is 4.02. The topological polar surface area (TPSA) is 95.9 Å². The summed E-state index contributed by atoms with van der Waals surface area (Å²) < 4.78 is 5.62. The lowest BCUT2D eigenvalue weighted by Crippen LogP contribution is -2.42. The Labute approximate surface area is 199 Å². The van der Waals surface area contributed by atoms with Crippen molar-refractivity contribution in [3.05, 3.63) is 59.7 Å². The fraction of sp³-hybridized carbons (Fsp3) is 0.444. The lowest BCUT2D eigenvalue weighted by molar-refractivity contribution is -0.148. The first kappa shape index (κ1) is 22.4. The smallest absolute Gasteiger partial charge is 0.407 e. The highest BCUT2D eigenvalue weighted by molar-refractivity contribution is 5.84. The molecule has 2 aromatic carbocycles. The van der Waals surface area contributed by atoms with Gasteiger partial charge in [0.1, 0.15) is 12.6 Å². The average molecular weight is 463 g/mol. The number of aliphatic carboxylic acids is 1. The van der Waals surface area contributed by atoms with Crippen molar-refractivity contribution in [2.75, 3.05) is 19.7 Å². The highest BCUT2D eigenvalue weighted by atomic mass is 16.5. The Morgan fingerprint density at radius 1 is 1.00 bits per heavy atom. The van der Waals surface area contributed by atoms with E-state index in [9.17, 15) is 19.5 Å². The summed E-state index contributed by atoms with van der Waals surface area (Å²) in [5.74, 6) is -0.671. The first-order valence-corrected chi connectivity index (χ1v) is 12.1. The van der Waals surface area contributed by atoms with Gasteiger partial charge in [0, 0.05) is 25.4 Å². The molecule has 2 atom stereocenters. The number of rotatable bonds is 8. The number of hydrogen-bond acceptors (Lipinski definition) is 4. The van der Waals surface area contributed by atoms with Gasteiger partial charge in [0.15, 0.2) is 0 Å². The molecule has 2 fully saturated rings. The Kier molecular flexibility index (Phi) is 6.26. The largest absolute Gasteiger partial charge is 0.480 e. The van der Waals surface area contributed by atoms with E-state index < -0.39 is 18.1 Å². The summed E-state index contributed by atoms with van der Waals surface area (Å²) in [7, 11) is 0. The number of carbonyl (C=O) groups excluding carboxylic acids is 2. The molecule has 1 heterocycles. The van der Waals surface area contributed by atoms with Crippen LogP contribution in [0, 0.1) is 11.8 Å². The standard InChI is InChI=1S/C27H30N2O5/c30-25(29-13-5-10-24(29)26(31)32)14-18(17-11-12-17)15-28-27(33)34-16-23-21-8-3-1-6-19(21)20-7-2-4-9-22(20)23/h1-4,6-9,17-18,23-24H,5,10-16H2,(H,28,33)(H,31,32)/t18?,24-/m1/s1. The lowest BCUT2D eigenvalue weighted by Gasteiger charge is -2.24. The molecule has 34 heavy (non-hydrogen) atoms. The normalized spacial score (nSPS) is 19.9. The van der Waals surface area contributed by atoms with E-state index in [0.29, 0.717) is 25.4 Å². The van der Waals surface area contributed by atoms with Gasteiger partial charge in [-0.2, -0.15) is 0 Å². The van der Waals surface area contributed by atoms with E-state index in [1.165, 1.54) is 16.0 Å². The van der Waals surface area contributed by atoms with Crippen LogP contribution in [0.4, 0.5) is 4.79 Å². The van der Waals surface area contributed by atoms with Crippen LogP contribution in [-0.2, 0) is 14.3 Å². The molecule has 2 N–H and O–H groups in total. The number of hydrogen-bond donors (Lipinski definition) is 2. The number of nitrogens with zero attached hydrogens (tertiary/aromatic N) is 1. The minimum absolute atomic E-state index is 0.00192. The third-order valence-corrected chi connectivity index (χ3v) is 7.44. The number of carbonyl (C=O) groups is 3. The van der Waals surface area contributed by atoms with E-state index in [2.05, 4.69) is 29.6 Å². The Bertz CT molecular complexity index is 1050. The summed E-state index contributed by atoms with van der Waals surface area (Å²) in [4.78, 5) is 38.3. The molecule has 178 valence electrons. The van der Waals surface area contributed by atoms with Crippen LogP contribution < -0.4 is 5.32 Å². The van der Waals surface area contributed by atoms with Gasteiger partial charge in [0.05, 0.1) is 0 Å². The summed E-state index contributed by atoms with van der Waals surface area (Å²) in [6.45, 7) is 1.10. The molecule has 0 radical (unpaired) electrons. The summed E-state index contributed by atoms with van der Waals surface area (Å²) in [5.41, 5.74) is 4.69. The van der Waals surface area contributed by atoms with E-state index in [1.54, 1.807) is 0 Å². The van der Waals surface area contributed by atoms with E-state index in [0.717, 1.165) is 30.4 Å². The Hall–Kier alpha value is -3.35. The Morgan fingerprint density at radius 2 is 1.65 bits per heavy atom. The molecule has 1 aliphatic heterocycles. The highest BCUT2D eigenvalue weighted by Gasteiger charge is 2.38. The molecule has 2 aliphatic carbocycles. The van der Waals surface area contributed by atoms with Crippen LogP contribution in [-0.4, -0.2) is 53.7 Å². The van der Waals surface area contributed by atoms with Gasteiger partial charge in [-0.15, -0.1) is 0 Å². The van der Waals surface area contributed by atoms with Crippen LogP contribution in [0.2, 0.25) is 0 Å². The summed E-state index contributed by atoms with van der Waals surface area (Å²) in [5, 5.41) is 12.2. The minimum atomic E-state index is -0.939. The fourth-order valence-corrected chi connectivity index (χ4v) is 5.50. The van der Waals surface area contributed by atoms with Crippen molar-refractivity contribution in [2.45, 2.75) is 44.1 Å². The Morgan fingerprint density at radius 3 is 2.26 bits per heavy atom. The number of carboxylic acids is 1. The molecular formula is C27H30N2O5. The molecule has 5 rings (SSSR count). The fourth-order valence-electron chi connectivity index (χ4n) is 5.50. The van der Waals surface area contributed by atoms with Gasteiger partial charge in [-0.25, -0.2) is 9.59 Å². The third-order valence-electron chi connectivity index (χ3n) is 7.44. The maximum Gasteiger partial charge on any atom is 0.407 e. The SMILES string of the molecule is O=C(NCC(CC(=O)N1CCC[C@@H]1C(=O)O)C1CC1)OCC1c2ccccc2-c2ccccc21. The number of alkyl carbamates (subject to hydrolysis) is 1. The molecule has 7 heteroatoms. The summed E-state index contributed by atoms with van der Waals surface area (Å²) >= 11 is 0. The molecule has 1 unspecified atom stereocenters. The number of amides is 2. The van der Waals surface area contributed by atoms with Gasteiger partial charge in [-0.1, -0.05) is 48.5 Å². The number of benzene rings is 2. The summed E-state index contributed by atoms with van der Waals surface area (Å²) in [6.07, 6.45) is 3.07. The average Bonchev–Trinajstić information content (AvgIpc) is 3.47. The molecule has 3 aliphatic rings. The van der Waals surface area contributed by atoms with Crippen LogP contribution in [0.25, 0.3) is 11.1 Å².